The second-order valence-electron chi connectivity index (χ2n) is 6.52. The third kappa shape index (κ3) is 10.1. The van der Waals surface area contributed by atoms with Gasteiger partial charge in [0, 0.05) is 26.2 Å². The van der Waals surface area contributed by atoms with Crippen molar-refractivity contribution in [1.29, 1.82) is 0 Å². The Balaban J connectivity index is 2.27. The molecule has 7 nitrogen and oxygen atoms in total. The molecule has 23 heavy (non-hydrogen) atoms. The molecule has 134 valence electrons. The molecule has 0 unspecified atom stereocenters. The van der Waals surface area contributed by atoms with E-state index in [2.05, 4.69) is 20.5 Å². The summed E-state index contributed by atoms with van der Waals surface area (Å²) in [5.74, 6) is 0.336. The second-order valence-corrected chi connectivity index (χ2v) is 6.52. The maximum Gasteiger partial charge on any atom is 0.328 e. The van der Waals surface area contributed by atoms with Gasteiger partial charge in [-0.1, -0.05) is 0 Å². The summed E-state index contributed by atoms with van der Waals surface area (Å²) in [5.41, 5.74) is -0.476. The van der Waals surface area contributed by atoms with Gasteiger partial charge in [0.1, 0.15) is 12.1 Å². The summed E-state index contributed by atoms with van der Waals surface area (Å²) in [6.45, 7) is 13.9. The van der Waals surface area contributed by atoms with Crippen LogP contribution in [0.15, 0.2) is 4.99 Å². The van der Waals surface area contributed by atoms with Crippen LogP contribution in [0.3, 0.4) is 0 Å². The molecule has 0 saturated carbocycles. The molecule has 2 N–H and O–H groups in total. The molecule has 0 amide bonds. The Labute approximate surface area is 139 Å². The van der Waals surface area contributed by atoms with Crippen molar-refractivity contribution in [3.63, 3.8) is 0 Å². The smallest absolute Gasteiger partial charge is 0.328 e. The number of hydrogen-bond acceptors (Lipinski definition) is 5. The summed E-state index contributed by atoms with van der Waals surface area (Å²) < 4.78 is 10.6. The molecule has 0 atom stereocenters. The molecule has 0 spiro atoms. The van der Waals surface area contributed by atoms with Crippen molar-refractivity contribution in [2.75, 3.05) is 52.5 Å². The number of morpholine rings is 1. The highest BCUT2D eigenvalue weighted by Gasteiger charge is 2.15. The molecule has 0 radical (unpaired) electrons. The van der Waals surface area contributed by atoms with Gasteiger partial charge < -0.3 is 20.1 Å². The molecule has 0 aromatic carbocycles. The Morgan fingerprint density at radius 1 is 1.26 bits per heavy atom. The van der Waals surface area contributed by atoms with Crippen molar-refractivity contribution in [3.8, 4) is 0 Å². The minimum Gasteiger partial charge on any atom is -0.459 e. The second kappa shape index (κ2) is 10.4. The quantitative estimate of drug-likeness (QED) is 0.309. The molecule has 0 aromatic heterocycles. The number of nitrogens with zero attached hydrogens (tertiary/aromatic N) is 2. The first-order valence-corrected chi connectivity index (χ1v) is 8.45. The van der Waals surface area contributed by atoms with Crippen LogP contribution in [0.2, 0.25) is 0 Å². The minimum atomic E-state index is -0.476. The maximum atomic E-state index is 11.7. The van der Waals surface area contributed by atoms with E-state index in [-0.39, 0.29) is 12.5 Å². The van der Waals surface area contributed by atoms with E-state index in [9.17, 15) is 4.79 Å². The highest BCUT2D eigenvalue weighted by atomic mass is 16.6. The van der Waals surface area contributed by atoms with Crippen molar-refractivity contribution < 1.29 is 14.3 Å². The van der Waals surface area contributed by atoms with E-state index in [0.717, 1.165) is 52.4 Å². The predicted molar refractivity (Wildman–Crippen MR) is 91.7 cm³/mol. The Kier molecular flexibility index (Phi) is 8.94. The number of carbonyl (C=O) groups is 1. The van der Waals surface area contributed by atoms with E-state index in [1.807, 2.05) is 27.7 Å². The molecular weight excluding hydrogens is 296 g/mol. The zero-order valence-electron chi connectivity index (χ0n) is 15.0. The largest absolute Gasteiger partial charge is 0.459 e. The summed E-state index contributed by atoms with van der Waals surface area (Å²) in [7, 11) is 0. The van der Waals surface area contributed by atoms with E-state index < -0.39 is 5.60 Å². The van der Waals surface area contributed by atoms with Crippen molar-refractivity contribution in [2.24, 2.45) is 4.99 Å². The molecule has 1 rings (SSSR count). The van der Waals surface area contributed by atoms with Gasteiger partial charge in [-0.25, -0.2) is 4.99 Å². The molecule has 0 aromatic rings. The van der Waals surface area contributed by atoms with Crippen LogP contribution >= 0.6 is 0 Å². The molecular formula is C16H32N4O3. The molecule has 1 saturated heterocycles. The Hall–Kier alpha value is -1.34. The van der Waals surface area contributed by atoms with Crippen LogP contribution in [-0.2, 0) is 14.3 Å². The summed E-state index contributed by atoms with van der Waals surface area (Å²) in [5, 5.41) is 6.39. The van der Waals surface area contributed by atoms with Gasteiger partial charge in [0.2, 0.25) is 0 Å². The fourth-order valence-electron chi connectivity index (χ4n) is 2.19. The zero-order chi connectivity index (χ0) is 17.1. The monoisotopic (exact) mass is 328 g/mol. The van der Waals surface area contributed by atoms with Gasteiger partial charge in [0.15, 0.2) is 5.96 Å². The lowest BCUT2D eigenvalue weighted by atomic mass is 10.2. The van der Waals surface area contributed by atoms with Gasteiger partial charge in [0.05, 0.1) is 13.2 Å². The van der Waals surface area contributed by atoms with Gasteiger partial charge in [-0.05, 0) is 40.7 Å². The van der Waals surface area contributed by atoms with Gasteiger partial charge in [-0.15, -0.1) is 0 Å². The van der Waals surface area contributed by atoms with Crippen LogP contribution in [0.25, 0.3) is 0 Å². The number of carbonyl (C=O) groups excluding carboxylic acids is 1. The summed E-state index contributed by atoms with van der Waals surface area (Å²) in [6, 6.07) is 0. The van der Waals surface area contributed by atoms with E-state index in [1.54, 1.807) is 0 Å². The normalized spacial score (nSPS) is 17.0. The van der Waals surface area contributed by atoms with Gasteiger partial charge >= 0.3 is 5.97 Å². The van der Waals surface area contributed by atoms with Crippen LogP contribution in [0.1, 0.15) is 34.1 Å². The van der Waals surface area contributed by atoms with E-state index in [4.69, 9.17) is 9.47 Å². The lowest BCUT2D eigenvalue weighted by Gasteiger charge is -2.26. The van der Waals surface area contributed by atoms with E-state index >= 15 is 0 Å². The van der Waals surface area contributed by atoms with Crippen molar-refractivity contribution in [3.05, 3.63) is 0 Å². The standard InChI is InChI=1S/C16H32N4O3/c1-5-17-15(19-13-14(21)23-16(2,3)4)18-7-6-8-20-9-11-22-12-10-20/h5-13H2,1-4H3,(H2,17,18,19). The van der Waals surface area contributed by atoms with Crippen LogP contribution in [-0.4, -0.2) is 74.9 Å². The molecule has 1 aliphatic heterocycles. The third-order valence-electron chi connectivity index (χ3n) is 3.18. The van der Waals surface area contributed by atoms with E-state index in [1.165, 1.54) is 0 Å². The predicted octanol–water partition coefficient (Wildman–Crippen LogP) is 0.606. The van der Waals surface area contributed by atoms with Crippen LogP contribution in [0, 0.1) is 0 Å². The first-order chi connectivity index (χ1) is 10.9. The Morgan fingerprint density at radius 3 is 2.57 bits per heavy atom. The fourth-order valence-corrected chi connectivity index (χ4v) is 2.19. The van der Waals surface area contributed by atoms with Gasteiger partial charge in [0.25, 0.3) is 0 Å². The van der Waals surface area contributed by atoms with Crippen LogP contribution in [0.5, 0.6) is 0 Å². The lowest BCUT2D eigenvalue weighted by molar-refractivity contribution is -0.152. The number of guanidine groups is 1. The Bertz CT molecular complexity index is 374. The SMILES string of the molecule is CCNC(=NCC(=O)OC(C)(C)C)NCCCN1CCOCC1. The van der Waals surface area contributed by atoms with Gasteiger partial charge in [-0.3, -0.25) is 9.69 Å². The number of aliphatic imine (C=N–C) groups is 1. The zero-order valence-corrected chi connectivity index (χ0v) is 15.0. The molecule has 0 bridgehead atoms. The average Bonchev–Trinajstić information content (AvgIpc) is 2.48. The topological polar surface area (TPSA) is 75.2 Å². The number of rotatable bonds is 7. The summed E-state index contributed by atoms with van der Waals surface area (Å²) >= 11 is 0. The van der Waals surface area contributed by atoms with E-state index in [0.29, 0.717) is 5.96 Å². The molecule has 1 aliphatic rings. The number of esters is 1. The number of nitrogens with one attached hydrogen (secondary N) is 2. The van der Waals surface area contributed by atoms with Crippen molar-refractivity contribution >= 4 is 11.9 Å². The first kappa shape index (κ1) is 19.7. The van der Waals surface area contributed by atoms with Crippen molar-refractivity contribution in [2.45, 2.75) is 39.7 Å². The number of ether oxygens (including phenoxy) is 2. The van der Waals surface area contributed by atoms with Gasteiger partial charge in [-0.2, -0.15) is 0 Å². The average molecular weight is 328 g/mol. The molecule has 1 heterocycles. The highest BCUT2D eigenvalue weighted by Crippen LogP contribution is 2.06. The van der Waals surface area contributed by atoms with Crippen LogP contribution < -0.4 is 10.6 Å². The summed E-state index contributed by atoms with van der Waals surface area (Å²) in [4.78, 5) is 18.4. The number of hydrogen-bond donors (Lipinski definition) is 2. The maximum absolute atomic E-state index is 11.7. The fraction of sp³-hybridized carbons (Fsp3) is 0.875. The molecule has 0 aliphatic carbocycles. The van der Waals surface area contributed by atoms with Crippen molar-refractivity contribution in [1.82, 2.24) is 15.5 Å². The summed E-state index contributed by atoms with van der Waals surface area (Å²) in [6.07, 6.45) is 1.02. The Morgan fingerprint density at radius 2 is 1.96 bits per heavy atom. The molecule has 7 heteroatoms. The van der Waals surface area contributed by atoms with Crippen LogP contribution in [0.4, 0.5) is 0 Å². The highest BCUT2D eigenvalue weighted by molar-refractivity contribution is 5.83. The first-order valence-electron chi connectivity index (χ1n) is 8.45. The lowest BCUT2D eigenvalue weighted by Crippen LogP contribution is -2.41. The third-order valence-corrected chi connectivity index (χ3v) is 3.18. The molecule has 1 fully saturated rings. The minimum absolute atomic E-state index is 0.0239.